The lowest BCUT2D eigenvalue weighted by Gasteiger charge is -2.16. The lowest BCUT2D eigenvalue weighted by atomic mass is 10.1. The molecule has 1 aliphatic carbocycles. The van der Waals surface area contributed by atoms with E-state index in [4.69, 9.17) is 4.42 Å². The van der Waals surface area contributed by atoms with Gasteiger partial charge in [0.1, 0.15) is 22.0 Å². The van der Waals surface area contributed by atoms with Crippen LogP contribution in [-0.2, 0) is 10.0 Å². The molecular formula is C14H21NO5S. The van der Waals surface area contributed by atoms with Crippen LogP contribution in [-0.4, -0.2) is 25.5 Å². The summed E-state index contributed by atoms with van der Waals surface area (Å²) in [6, 6.07) is -0.131. The predicted molar refractivity (Wildman–Crippen MR) is 77.0 cm³/mol. The highest BCUT2D eigenvalue weighted by Gasteiger charge is 2.32. The van der Waals surface area contributed by atoms with Crippen molar-refractivity contribution in [2.75, 3.05) is 0 Å². The van der Waals surface area contributed by atoms with Crippen molar-refractivity contribution in [3.8, 4) is 0 Å². The first kappa shape index (κ1) is 16.0. The Morgan fingerprint density at radius 3 is 2.24 bits per heavy atom. The second-order valence-electron chi connectivity index (χ2n) is 5.53. The smallest absolute Gasteiger partial charge is 0.340 e. The van der Waals surface area contributed by atoms with Gasteiger partial charge < -0.3 is 9.52 Å². The van der Waals surface area contributed by atoms with Crippen LogP contribution in [0.4, 0.5) is 0 Å². The molecule has 0 spiro atoms. The van der Waals surface area contributed by atoms with Crippen molar-refractivity contribution >= 4 is 16.0 Å². The molecule has 118 valence electrons. The van der Waals surface area contributed by atoms with E-state index in [2.05, 4.69) is 4.72 Å². The molecule has 1 saturated carbocycles. The third-order valence-electron chi connectivity index (χ3n) is 3.86. The van der Waals surface area contributed by atoms with Crippen molar-refractivity contribution < 1.29 is 22.7 Å². The fourth-order valence-corrected chi connectivity index (χ4v) is 4.62. The fraction of sp³-hybridized carbons (Fsp3) is 0.643. The van der Waals surface area contributed by atoms with Crippen LogP contribution in [0.5, 0.6) is 0 Å². The summed E-state index contributed by atoms with van der Waals surface area (Å²) in [4.78, 5) is 11.1. The number of aromatic carboxylic acids is 1. The van der Waals surface area contributed by atoms with Crippen molar-refractivity contribution in [1.29, 1.82) is 0 Å². The maximum absolute atomic E-state index is 12.5. The summed E-state index contributed by atoms with van der Waals surface area (Å²) in [5.74, 6) is -1.06. The molecule has 1 heterocycles. The van der Waals surface area contributed by atoms with Crippen molar-refractivity contribution in [2.24, 2.45) is 0 Å². The van der Waals surface area contributed by atoms with Gasteiger partial charge in [0.2, 0.25) is 10.0 Å². The van der Waals surface area contributed by atoms with E-state index in [1.165, 1.54) is 13.8 Å². The third kappa shape index (κ3) is 3.47. The van der Waals surface area contributed by atoms with Gasteiger partial charge in [0.05, 0.1) is 0 Å². The number of carboxylic acid groups (broad SMARTS) is 1. The number of sulfonamides is 1. The van der Waals surface area contributed by atoms with Crippen molar-refractivity contribution in [3.63, 3.8) is 0 Å². The molecule has 1 aliphatic rings. The highest BCUT2D eigenvalue weighted by Crippen LogP contribution is 2.28. The van der Waals surface area contributed by atoms with Crippen molar-refractivity contribution in [2.45, 2.75) is 63.3 Å². The van der Waals surface area contributed by atoms with Crippen LogP contribution in [0, 0.1) is 13.8 Å². The van der Waals surface area contributed by atoms with Gasteiger partial charge >= 0.3 is 5.97 Å². The van der Waals surface area contributed by atoms with E-state index in [0.717, 1.165) is 38.5 Å². The number of furan rings is 1. The summed E-state index contributed by atoms with van der Waals surface area (Å²) >= 11 is 0. The molecule has 0 atom stereocenters. The zero-order chi connectivity index (χ0) is 15.6. The molecule has 2 N–H and O–H groups in total. The molecular weight excluding hydrogens is 294 g/mol. The van der Waals surface area contributed by atoms with Gasteiger partial charge in [-0.1, -0.05) is 25.7 Å². The molecule has 0 radical (unpaired) electrons. The molecule has 7 heteroatoms. The van der Waals surface area contributed by atoms with Gasteiger partial charge in [-0.3, -0.25) is 0 Å². The first-order chi connectivity index (χ1) is 9.83. The summed E-state index contributed by atoms with van der Waals surface area (Å²) < 4.78 is 32.9. The molecule has 1 aromatic heterocycles. The quantitative estimate of drug-likeness (QED) is 0.832. The number of hydrogen-bond acceptors (Lipinski definition) is 4. The summed E-state index contributed by atoms with van der Waals surface area (Å²) in [6.07, 6.45) is 5.78. The lowest BCUT2D eigenvalue weighted by molar-refractivity contribution is 0.0691. The molecule has 21 heavy (non-hydrogen) atoms. The van der Waals surface area contributed by atoms with Crippen LogP contribution >= 0.6 is 0 Å². The Bertz CT molecular complexity index is 624. The summed E-state index contributed by atoms with van der Waals surface area (Å²) in [5.41, 5.74) is -0.270. The minimum Gasteiger partial charge on any atom is -0.478 e. The minimum atomic E-state index is -3.89. The van der Waals surface area contributed by atoms with E-state index in [1.807, 2.05) is 0 Å². The molecule has 0 bridgehead atoms. The summed E-state index contributed by atoms with van der Waals surface area (Å²) in [7, 11) is -3.89. The number of aryl methyl sites for hydroxylation is 2. The SMILES string of the molecule is Cc1oc(C)c(S(=O)(=O)NC2CCCCCC2)c1C(=O)O. The zero-order valence-electron chi connectivity index (χ0n) is 12.3. The Labute approximate surface area is 124 Å². The van der Waals surface area contributed by atoms with E-state index in [0.29, 0.717) is 0 Å². The second kappa shape index (κ2) is 6.19. The highest BCUT2D eigenvalue weighted by molar-refractivity contribution is 7.89. The molecule has 1 fully saturated rings. The Morgan fingerprint density at radius 1 is 1.14 bits per heavy atom. The number of nitrogens with one attached hydrogen (secondary N) is 1. The molecule has 2 rings (SSSR count). The monoisotopic (exact) mass is 315 g/mol. The first-order valence-corrected chi connectivity index (χ1v) is 8.67. The van der Waals surface area contributed by atoms with Crippen LogP contribution in [0.15, 0.2) is 9.31 Å². The fourth-order valence-electron chi connectivity index (χ4n) is 2.91. The highest BCUT2D eigenvalue weighted by atomic mass is 32.2. The predicted octanol–water partition coefficient (Wildman–Crippen LogP) is 2.60. The average molecular weight is 315 g/mol. The standard InChI is InChI=1S/C14H21NO5S/c1-9-12(14(16)17)13(10(2)20-9)21(18,19)15-11-7-5-3-4-6-8-11/h11,15H,3-8H2,1-2H3,(H,16,17). The molecule has 0 aliphatic heterocycles. The van der Waals surface area contributed by atoms with Gasteiger partial charge in [0.15, 0.2) is 0 Å². The Morgan fingerprint density at radius 2 is 1.71 bits per heavy atom. The van der Waals surface area contributed by atoms with Gasteiger partial charge in [0, 0.05) is 6.04 Å². The van der Waals surface area contributed by atoms with Crippen molar-refractivity contribution in [1.82, 2.24) is 4.72 Å². The van der Waals surface area contributed by atoms with E-state index >= 15 is 0 Å². The van der Waals surface area contributed by atoms with Crippen LogP contribution in [0.25, 0.3) is 0 Å². The number of carbonyl (C=O) groups is 1. The molecule has 6 nitrogen and oxygen atoms in total. The van der Waals surface area contributed by atoms with Gasteiger partial charge in [-0.2, -0.15) is 0 Å². The minimum absolute atomic E-state index is 0.112. The third-order valence-corrected chi connectivity index (χ3v) is 5.54. The molecule has 0 unspecified atom stereocenters. The van der Waals surface area contributed by atoms with Crippen LogP contribution in [0.3, 0.4) is 0 Å². The number of hydrogen-bond donors (Lipinski definition) is 2. The molecule has 1 aromatic rings. The van der Waals surface area contributed by atoms with Gasteiger partial charge in [-0.15, -0.1) is 0 Å². The summed E-state index contributed by atoms with van der Waals surface area (Å²) in [6.45, 7) is 2.93. The van der Waals surface area contributed by atoms with Crippen LogP contribution in [0.2, 0.25) is 0 Å². The molecule has 0 saturated heterocycles. The lowest BCUT2D eigenvalue weighted by Crippen LogP contribution is -2.35. The van der Waals surface area contributed by atoms with E-state index < -0.39 is 16.0 Å². The van der Waals surface area contributed by atoms with Crippen LogP contribution in [0.1, 0.15) is 60.4 Å². The zero-order valence-corrected chi connectivity index (χ0v) is 13.1. The Kier molecular flexibility index (Phi) is 4.73. The molecule has 0 amide bonds. The van der Waals surface area contributed by atoms with Gasteiger partial charge in [-0.25, -0.2) is 17.9 Å². The maximum Gasteiger partial charge on any atom is 0.340 e. The first-order valence-electron chi connectivity index (χ1n) is 7.18. The average Bonchev–Trinajstić information content (AvgIpc) is 2.55. The Balaban J connectivity index is 2.33. The molecule has 0 aromatic carbocycles. The number of carboxylic acids is 1. The largest absolute Gasteiger partial charge is 0.478 e. The van der Waals surface area contributed by atoms with E-state index in [9.17, 15) is 18.3 Å². The Hall–Kier alpha value is -1.34. The normalized spacial score (nSPS) is 17.6. The van der Waals surface area contributed by atoms with Gasteiger partial charge in [-0.05, 0) is 26.7 Å². The maximum atomic E-state index is 12.5. The van der Waals surface area contributed by atoms with Crippen LogP contribution < -0.4 is 4.72 Å². The van der Waals surface area contributed by atoms with Gasteiger partial charge in [0.25, 0.3) is 0 Å². The number of rotatable bonds is 4. The van der Waals surface area contributed by atoms with Crippen molar-refractivity contribution in [3.05, 3.63) is 17.1 Å². The topological polar surface area (TPSA) is 96.6 Å². The van der Waals surface area contributed by atoms with E-state index in [-0.39, 0.29) is 28.0 Å². The van der Waals surface area contributed by atoms with E-state index in [1.54, 1.807) is 0 Å². The summed E-state index contributed by atoms with van der Waals surface area (Å²) in [5, 5.41) is 9.22. The second-order valence-corrected chi connectivity index (χ2v) is 7.18.